The quantitative estimate of drug-likeness (QED) is 0.690. The van der Waals surface area contributed by atoms with E-state index in [2.05, 4.69) is 39.5 Å². The van der Waals surface area contributed by atoms with Crippen molar-refractivity contribution in [2.24, 2.45) is 0 Å². The van der Waals surface area contributed by atoms with Crippen molar-refractivity contribution in [3.63, 3.8) is 0 Å². The van der Waals surface area contributed by atoms with Gasteiger partial charge < -0.3 is 4.74 Å². The van der Waals surface area contributed by atoms with Gasteiger partial charge in [-0.05, 0) is 54.0 Å². The molecule has 1 heterocycles. The third-order valence-corrected chi connectivity index (χ3v) is 3.03. The van der Waals surface area contributed by atoms with Gasteiger partial charge in [0.15, 0.2) is 0 Å². The predicted molar refractivity (Wildman–Crippen MR) is 60.5 cm³/mol. The van der Waals surface area contributed by atoms with Crippen LogP contribution in [-0.4, -0.2) is 35.7 Å². The number of hydrogen-bond acceptors (Lipinski definition) is 2. The summed E-state index contributed by atoms with van der Waals surface area (Å²) in [6.45, 7) is 12.2. The van der Waals surface area contributed by atoms with E-state index in [0.717, 1.165) is 0 Å². The number of likely N-dealkylation sites (tertiary alicyclic amines) is 1. The Bertz CT molecular complexity index is 168. The van der Waals surface area contributed by atoms with Gasteiger partial charge in [0.25, 0.3) is 0 Å². The molecule has 1 fully saturated rings. The van der Waals surface area contributed by atoms with Crippen molar-refractivity contribution in [3.8, 4) is 0 Å². The summed E-state index contributed by atoms with van der Waals surface area (Å²) in [6.07, 6.45) is 3.35. The van der Waals surface area contributed by atoms with E-state index in [9.17, 15) is 0 Å². The van der Waals surface area contributed by atoms with Crippen LogP contribution in [0.25, 0.3) is 0 Å². The zero-order valence-electron chi connectivity index (χ0n) is 10.3. The average Bonchev–Trinajstić information content (AvgIpc) is 2.49. The fourth-order valence-electron chi connectivity index (χ4n) is 2.48. The van der Waals surface area contributed by atoms with Crippen LogP contribution in [0.15, 0.2) is 0 Å². The molecule has 0 radical (unpaired) electrons. The van der Waals surface area contributed by atoms with Crippen LogP contribution in [-0.2, 0) is 4.74 Å². The highest BCUT2D eigenvalue weighted by molar-refractivity contribution is 4.85. The average molecular weight is 199 g/mol. The largest absolute Gasteiger partial charge is 0.374 e. The van der Waals surface area contributed by atoms with Crippen molar-refractivity contribution in [2.75, 3.05) is 6.54 Å². The van der Waals surface area contributed by atoms with E-state index in [4.69, 9.17) is 4.74 Å². The molecule has 0 amide bonds. The topological polar surface area (TPSA) is 12.5 Å². The van der Waals surface area contributed by atoms with Crippen molar-refractivity contribution in [1.29, 1.82) is 0 Å². The molecule has 0 aromatic rings. The normalized spacial score (nSPS) is 26.4. The Labute approximate surface area is 88.6 Å². The van der Waals surface area contributed by atoms with Crippen molar-refractivity contribution in [2.45, 2.75) is 71.8 Å². The third kappa shape index (κ3) is 2.96. The van der Waals surface area contributed by atoms with Gasteiger partial charge in [0, 0.05) is 12.1 Å². The Morgan fingerprint density at radius 1 is 1.14 bits per heavy atom. The number of ether oxygens (including phenoxy) is 1. The minimum Gasteiger partial charge on any atom is -0.374 e. The Kier molecular flexibility index (Phi) is 4.39. The van der Waals surface area contributed by atoms with Crippen LogP contribution in [0, 0.1) is 0 Å². The summed E-state index contributed by atoms with van der Waals surface area (Å²) in [5, 5.41) is 0. The lowest BCUT2D eigenvalue weighted by atomic mass is 10.1. The molecular formula is C12H25NO. The number of nitrogens with zero attached hydrogens (tertiary/aromatic N) is 1. The molecule has 1 aliphatic rings. The Morgan fingerprint density at radius 3 is 2.29 bits per heavy atom. The second-order valence-electron chi connectivity index (χ2n) is 4.93. The highest BCUT2D eigenvalue weighted by atomic mass is 16.5. The van der Waals surface area contributed by atoms with Gasteiger partial charge >= 0.3 is 0 Å². The van der Waals surface area contributed by atoms with Gasteiger partial charge in [-0.1, -0.05) is 0 Å². The number of rotatable bonds is 4. The Morgan fingerprint density at radius 2 is 1.79 bits per heavy atom. The molecular weight excluding hydrogens is 174 g/mol. The molecule has 84 valence electrons. The highest BCUT2D eigenvalue weighted by Crippen LogP contribution is 2.24. The molecule has 0 unspecified atom stereocenters. The summed E-state index contributed by atoms with van der Waals surface area (Å²) in [5.41, 5.74) is 0. The zero-order valence-corrected chi connectivity index (χ0v) is 10.3. The maximum atomic E-state index is 5.87. The van der Waals surface area contributed by atoms with Gasteiger partial charge in [0.1, 0.15) is 0 Å². The second kappa shape index (κ2) is 5.13. The molecule has 1 rings (SSSR count). The van der Waals surface area contributed by atoms with Crippen LogP contribution in [0.4, 0.5) is 0 Å². The van der Waals surface area contributed by atoms with Crippen molar-refractivity contribution >= 4 is 0 Å². The molecule has 0 spiro atoms. The van der Waals surface area contributed by atoms with E-state index >= 15 is 0 Å². The van der Waals surface area contributed by atoms with E-state index in [1.165, 1.54) is 19.4 Å². The molecule has 0 aromatic carbocycles. The van der Waals surface area contributed by atoms with Gasteiger partial charge in [0.05, 0.1) is 12.2 Å². The summed E-state index contributed by atoms with van der Waals surface area (Å²) >= 11 is 0. The standard InChI is InChI=1S/C12H25NO/c1-9(2)13-8-6-7-12(13)11(5)14-10(3)4/h9-12H,6-8H2,1-5H3/t11-,12-/m0/s1. The van der Waals surface area contributed by atoms with Gasteiger partial charge in [-0.25, -0.2) is 0 Å². The maximum Gasteiger partial charge on any atom is 0.0705 e. The van der Waals surface area contributed by atoms with Crippen molar-refractivity contribution < 1.29 is 4.74 Å². The minimum absolute atomic E-state index is 0.347. The lowest BCUT2D eigenvalue weighted by Crippen LogP contribution is -2.43. The molecule has 0 aliphatic carbocycles. The van der Waals surface area contributed by atoms with Crippen LogP contribution < -0.4 is 0 Å². The lowest BCUT2D eigenvalue weighted by molar-refractivity contribution is -0.0306. The van der Waals surface area contributed by atoms with E-state index in [1.807, 2.05) is 0 Å². The molecule has 2 nitrogen and oxygen atoms in total. The molecule has 0 saturated carbocycles. The maximum absolute atomic E-state index is 5.87. The Balaban J connectivity index is 2.49. The van der Waals surface area contributed by atoms with Gasteiger partial charge in [0.2, 0.25) is 0 Å². The highest BCUT2D eigenvalue weighted by Gasteiger charge is 2.31. The van der Waals surface area contributed by atoms with Gasteiger partial charge in [-0.15, -0.1) is 0 Å². The smallest absolute Gasteiger partial charge is 0.0705 e. The van der Waals surface area contributed by atoms with E-state index in [0.29, 0.717) is 24.3 Å². The number of hydrogen-bond donors (Lipinski definition) is 0. The van der Waals surface area contributed by atoms with Crippen LogP contribution in [0.2, 0.25) is 0 Å². The van der Waals surface area contributed by atoms with E-state index in [1.54, 1.807) is 0 Å². The molecule has 1 saturated heterocycles. The SMILES string of the molecule is CC(C)O[C@@H](C)[C@@H]1CCCN1C(C)C. The first-order valence-corrected chi connectivity index (χ1v) is 5.93. The molecule has 1 aliphatic heterocycles. The van der Waals surface area contributed by atoms with Crippen LogP contribution in [0.5, 0.6) is 0 Å². The predicted octanol–water partition coefficient (Wildman–Crippen LogP) is 2.67. The van der Waals surface area contributed by atoms with Crippen molar-refractivity contribution in [3.05, 3.63) is 0 Å². The molecule has 0 N–H and O–H groups in total. The first-order valence-electron chi connectivity index (χ1n) is 5.93. The summed E-state index contributed by atoms with van der Waals surface area (Å²) < 4.78 is 5.87. The summed E-state index contributed by atoms with van der Waals surface area (Å²) in [5.74, 6) is 0. The molecule has 14 heavy (non-hydrogen) atoms. The zero-order chi connectivity index (χ0) is 10.7. The minimum atomic E-state index is 0.347. The first-order chi connectivity index (χ1) is 6.52. The lowest BCUT2D eigenvalue weighted by Gasteiger charge is -2.33. The monoisotopic (exact) mass is 199 g/mol. The van der Waals surface area contributed by atoms with Crippen LogP contribution >= 0.6 is 0 Å². The summed E-state index contributed by atoms with van der Waals surface area (Å²) in [4.78, 5) is 2.58. The molecule has 0 aromatic heterocycles. The third-order valence-electron chi connectivity index (χ3n) is 3.03. The fourth-order valence-corrected chi connectivity index (χ4v) is 2.48. The molecule has 0 bridgehead atoms. The summed E-state index contributed by atoms with van der Waals surface area (Å²) in [7, 11) is 0. The first kappa shape index (κ1) is 12.0. The fraction of sp³-hybridized carbons (Fsp3) is 1.00. The molecule has 2 atom stereocenters. The van der Waals surface area contributed by atoms with Gasteiger partial charge in [-0.3, -0.25) is 4.90 Å². The van der Waals surface area contributed by atoms with Crippen LogP contribution in [0.1, 0.15) is 47.5 Å². The van der Waals surface area contributed by atoms with Gasteiger partial charge in [-0.2, -0.15) is 0 Å². The second-order valence-corrected chi connectivity index (χ2v) is 4.93. The van der Waals surface area contributed by atoms with Crippen molar-refractivity contribution in [1.82, 2.24) is 4.90 Å². The van der Waals surface area contributed by atoms with E-state index in [-0.39, 0.29) is 0 Å². The van der Waals surface area contributed by atoms with Crippen LogP contribution in [0.3, 0.4) is 0 Å². The van der Waals surface area contributed by atoms with E-state index < -0.39 is 0 Å². The molecule has 2 heteroatoms. The summed E-state index contributed by atoms with van der Waals surface area (Å²) in [6, 6.07) is 1.29. The Hall–Kier alpha value is -0.0800.